The lowest BCUT2D eigenvalue weighted by atomic mass is 9.93. The second-order valence-electron chi connectivity index (χ2n) is 6.95. The first-order valence-corrected chi connectivity index (χ1v) is 7.72. The number of hydrogen-bond acceptors (Lipinski definition) is 2. The molecule has 4 nitrogen and oxygen atoms in total. The van der Waals surface area contributed by atoms with Crippen molar-refractivity contribution < 1.29 is 0 Å². The molecule has 2 saturated heterocycles. The quantitative estimate of drug-likeness (QED) is 0.622. The minimum atomic E-state index is 0.434. The van der Waals surface area contributed by atoms with Gasteiger partial charge in [0.05, 0.1) is 0 Å². The van der Waals surface area contributed by atoms with Gasteiger partial charge in [-0.1, -0.05) is 13.8 Å². The van der Waals surface area contributed by atoms with Gasteiger partial charge in [-0.05, 0) is 44.7 Å². The first kappa shape index (κ1) is 14.6. The van der Waals surface area contributed by atoms with Crippen LogP contribution in [0, 0.1) is 11.3 Å². The molecule has 0 bridgehead atoms. The third-order valence-corrected chi connectivity index (χ3v) is 4.30. The Morgan fingerprint density at radius 2 is 2.16 bits per heavy atom. The van der Waals surface area contributed by atoms with E-state index in [1.165, 1.54) is 25.9 Å². The third kappa shape index (κ3) is 4.10. The van der Waals surface area contributed by atoms with Crippen molar-refractivity contribution in [3.05, 3.63) is 0 Å². The van der Waals surface area contributed by atoms with Crippen LogP contribution in [0.2, 0.25) is 0 Å². The van der Waals surface area contributed by atoms with E-state index in [-0.39, 0.29) is 0 Å². The molecule has 0 aromatic rings. The summed E-state index contributed by atoms with van der Waals surface area (Å²) >= 11 is 0. The molecule has 1 atom stereocenters. The lowest BCUT2D eigenvalue weighted by molar-refractivity contribution is 0.368. The van der Waals surface area contributed by atoms with Crippen LogP contribution in [0.15, 0.2) is 4.99 Å². The summed E-state index contributed by atoms with van der Waals surface area (Å²) in [6.45, 7) is 13.5. The fourth-order valence-corrected chi connectivity index (χ4v) is 3.11. The summed E-state index contributed by atoms with van der Waals surface area (Å²) in [6, 6.07) is 0. The summed E-state index contributed by atoms with van der Waals surface area (Å²) in [6.07, 6.45) is 2.56. The monoisotopic (exact) mass is 266 g/mol. The lowest BCUT2D eigenvalue weighted by Crippen LogP contribution is -2.41. The van der Waals surface area contributed by atoms with Crippen LogP contribution < -0.4 is 5.32 Å². The molecule has 0 saturated carbocycles. The predicted molar refractivity (Wildman–Crippen MR) is 81.6 cm³/mol. The molecule has 0 amide bonds. The zero-order valence-corrected chi connectivity index (χ0v) is 13.1. The highest BCUT2D eigenvalue weighted by molar-refractivity contribution is 5.80. The summed E-state index contributed by atoms with van der Waals surface area (Å²) in [5.41, 5.74) is 0.434. The average molecular weight is 266 g/mol. The van der Waals surface area contributed by atoms with Crippen LogP contribution in [-0.4, -0.2) is 62.1 Å². The normalized spacial score (nSPS) is 28.1. The number of hydrogen-bond donors (Lipinski definition) is 1. The third-order valence-electron chi connectivity index (χ3n) is 4.30. The van der Waals surface area contributed by atoms with E-state index in [4.69, 9.17) is 4.99 Å². The van der Waals surface area contributed by atoms with Gasteiger partial charge in [-0.2, -0.15) is 0 Å². The number of nitrogens with one attached hydrogen (secondary N) is 1. The predicted octanol–water partition coefficient (Wildman–Crippen LogP) is 1.64. The van der Waals surface area contributed by atoms with E-state index in [1.54, 1.807) is 0 Å². The van der Waals surface area contributed by atoms with E-state index < -0.39 is 0 Å². The van der Waals surface area contributed by atoms with E-state index in [1.807, 2.05) is 0 Å². The molecule has 1 unspecified atom stereocenters. The Kier molecular flexibility index (Phi) is 4.71. The molecule has 0 aromatic carbocycles. The van der Waals surface area contributed by atoms with Crippen LogP contribution in [0.1, 0.15) is 33.6 Å². The van der Waals surface area contributed by atoms with Crippen LogP contribution in [0.3, 0.4) is 0 Å². The molecule has 2 rings (SSSR count). The molecule has 19 heavy (non-hydrogen) atoms. The molecule has 0 aliphatic carbocycles. The number of likely N-dealkylation sites (tertiary alicyclic amines) is 2. The summed E-state index contributed by atoms with van der Waals surface area (Å²) in [5.74, 6) is 1.87. The molecule has 2 fully saturated rings. The first-order valence-electron chi connectivity index (χ1n) is 7.72. The molecular formula is C15H30N4. The highest BCUT2D eigenvalue weighted by Crippen LogP contribution is 2.28. The second-order valence-corrected chi connectivity index (χ2v) is 6.95. The van der Waals surface area contributed by atoms with Crippen LogP contribution in [0.4, 0.5) is 0 Å². The van der Waals surface area contributed by atoms with Crippen molar-refractivity contribution in [3.8, 4) is 0 Å². The van der Waals surface area contributed by atoms with Gasteiger partial charge in [-0.3, -0.25) is 4.99 Å². The SMILES string of the molecule is CCNC(=NCC1CCN(C)C1)N1CCC(C)(C)C1. The van der Waals surface area contributed by atoms with Gasteiger partial charge < -0.3 is 15.1 Å². The van der Waals surface area contributed by atoms with E-state index in [0.717, 1.165) is 38.1 Å². The number of nitrogens with zero attached hydrogens (tertiary/aromatic N) is 3. The number of aliphatic imine (C=N–C) groups is 1. The highest BCUT2D eigenvalue weighted by atomic mass is 15.3. The van der Waals surface area contributed by atoms with Gasteiger partial charge in [0.2, 0.25) is 0 Å². The molecule has 0 aromatic heterocycles. The number of guanidine groups is 1. The molecule has 1 N–H and O–H groups in total. The van der Waals surface area contributed by atoms with E-state index >= 15 is 0 Å². The van der Waals surface area contributed by atoms with E-state index in [9.17, 15) is 0 Å². The van der Waals surface area contributed by atoms with Gasteiger partial charge in [0, 0.05) is 32.7 Å². The summed E-state index contributed by atoms with van der Waals surface area (Å²) in [5, 5.41) is 3.46. The smallest absolute Gasteiger partial charge is 0.193 e. The molecule has 2 aliphatic rings. The molecule has 4 heteroatoms. The van der Waals surface area contributed by atoms with Gasteiger partial charge in [-0.15, -0.1) is 0 Å². The topological polar surface area (TPSA) is 30.9 Å². The standard InChI is InChI=1S/C15H30N4/c1-5-16-14(19-9-7-15(2,3)12-19)17-10-13-6-8-18(4)11-13/h13H,5-12H2,1-4H3,(H,16,17). The minimum Gasteiger partial charge on any atom is -0.357 e. The summed E-state index contributed by atoms with van der Waals surface area (Å²) < 4.78 is 0. The fourth-order valence-electron chi connectivity index (χ4n) is 3.11. The molecule has 110 valence electrons. The van der Waals surface area contributed by atoms with Crippen molar-refractivity contribution >= 4 is 5.96 Å². The van der Waals surface area contributed by atoms with Crippen molar-refractivity contribution in [1.82, 2.24) is 15.1 Å². The van der Waals surface area contributed by atoms with Crippen LogP contribution in [0.5, 0.6) is 0 Å². The molecule has 0 radical (unpaired) electrons. The summed E-state index contributed by atoms with van der Waals surface area (Å²) in [7, 11) is 2.21. The Morgan fingerprint density at radius 3 is 2.68 bits per heavy atom. The van der Waals surface area contributed by atoms with Crippen molar-refractivity contribution in [2.45, 2.75) is 33.6 Å². The number of rotatable bonds is 3. The van der Waals surface area contributed by atoms with Crippen LogP contribution >= 0.6 is 0 Å². The van der Waals surface area contributed by atoms with E-state index in [0.29, 0.717) is 5.41 Å². The zero-order valence-electron chi connectivity index (χ0n) is 13.1. The molecule has 2 heterocycles. The fraction of sp³-hybridized carbons (Fsp3) is 0.933. The Labute approximate surface area is 118 Å². The van der Waals surface area contributed by atoms with Crippen molar-refractivity contribution in [3.63, 3.8) is 0 Å². The van der Waals surface area contributed by atoms with Crippen molar-refractivity contribution in [2.75, 3.05) is 46.3 Å². The Hall–Kier alpha value is -0.770. The van der Waals surface area contributed by atoms with Crippen molar-refractivity contribution in [1.29, 1.82) is 0 Å². The van der Waals surface area contributed by atoms with Gasteiger partial charge in [0.1, 0.15) is 0 Å². The summed E-state index contributed by atoms with van der Waals surface area (Å²) in [4.78, 5) is 9.72. The maximum atomic E-state index is 4.88. The first-order chi connectivity index (χ1) is 9.00. The van der Waals surface area contributed by atoms with Gasteiger partial charge >= 0.3 is 0 Å². The van der Waals surface area contributed by atoms with Crippen LogP contribution in [-0.2, 0) is 0 Å². The molecule has 0 spiro atoms. The van der Waals surface area contributed by atoms with Crippen LogP contribution in [0.25, 0.3) is 0 Å². The van der Waals surface area contributed by atoms with Gasteiger partial charge in [0.25, 0.3) is 0 Å². The molecular weight excluding hydrogens is 236 g/mol. The Bertz CT molecular complexity index is 324. The van der Waals surface area contributed by atoms with E-state index in [2.05, 4.69) is 42.9 Å². The van der Waals surface area contributed by atoms with Gasteiger partial charge in [-0.25, -0.2) is 0 Å². The zero-order chi connectivity index (χ0) is 13.9. The molecule has 2 aliphatic heterocycles. The minimum absolute atomic E-state index is 0.434. The highest BCUT2D eigenvalue weighted by Gasteiger charge is 2.31. The largest absolute Gasteiger partial charge is 0.357 e. The lowest BCUT2D eigenvalue weighted by Gasteiger charge is -2.24. The Balaban J connectivity index is 1.91. The second kappa shape index (κ2) is 6.12. The average Bonchev–Trinajstić information content (AvgIpc) is 2.91. The van der Waals surface area contributed by atoms with Crippen molar-refractivity contribution in [2.24, 2.45) is 16.3 Å². The van der Waals surface area contributed by atoms with Gasteiger partial charge in [0.15, 0.2) is 5.96 Å². The Morgan fingerprint density at radius 1 is 1.37 bits per heavy atom. The maximum Gasteiger partial charge on any atom is 0.193 e. The maximum absolute atomic E-state index is 4.88.